The first-order chi connectivity index (χ1) is 8.10. The minimum absolute atomic E-state index is 0.506. The van der Waals surface area contributed by atoms with Gasteiger partial charge in [-0.1, -0.05) is 30.5 Å². The van der Waals surface area contributed by atoms with Gasteiger partial charge in [0.05, 0.1) is 23.4 Å². The van der Waals surface area contributed by atoms with Gasteiger partial charge in [-0.25, -0.2) is 0 Å². The number of hydrogen-bond acceptors (Lipinski definition) is 2. The Balaban J connectivity index is 3.00. The summed E-state index contributed by atoms with van der Waals surface area (Å²) in [6, 6.07) is 5.59. The molecule has 0 aliphatic rings. The predicted molar refractivity (Wildman–Crippen MR) is 73.4 cm³/mol. The third-order valence-electron chi connectivity index (χ3n) is 2.57. The van der Waals surface area contributed by atoms with E-state index in [1.807, 2.05) is 12.1 Å². The number of terminal acetylenes is 1. The van der Waals surface area contributed by atoms with Gasteiger partial charge in [-0.05, 0) is 31.0 Å². The van der Waals surface area contributed by atoms with Crippen molar-refractivity contribution >= 4 is 17.3 Å². The van der Waals surface area contributed by atoms with Crippen LogP contribution in [0.2, 0.25) is 5.02 Å². The smallest absolute Gasteiger partial charge is 0.0792 e. The topological polar surface area (TPSA) is 23.5 Å². The lowest BCUT2D eigenvalue weighted by Crippen LogP contribution is -2.24. The van der Waals surface area contributed by atoms with Crippen LogP contribution in [0.1, 0.15) is 31.9 Å². The van der Waals surface area contributed by atoms with E-state index in [0.717, 1.165) is 24.2 Å². The van der Waals surface area contributed by atoms with Gasteiger partial charge in [-0.3, -0.25) is 0 Å². The summed E-state index contributed by atoms with van der Waals surface area (Å²) in [4.78, 5) is 2.06. The van der Waals surface area contributed by atoms with Gasteiger partial charge >= 0.3 is 0 Å². The molecule has 17 heavy (non-hydrogen) atoms. The Labute approximate surface area is 108 Å². The maximum Gasteiger partial charge on any atom is 0.0792 e. The first kappa shape index (κ1) is 13.9. The van der Waals surface area contributed by atoms with Crippen LogP contribution < -0.4 is 4.90 Å². The van der Waals surface area contributed by atoms with E-state index < -0.39 is 6.10 Å². The molecule has 0 saturated heterocycles. The molecule has 0 amide bonds. The highest BCUT2D eigenvalue weighted by Crippen LogP contribution is 2.29. The van der Waals surface area contributed by atoms with Crippen molar-refractivity contribution < 1.29 is 5.11 Å². The zero-order chi connectivity index (χ0) is 12.8. The van der Waals surface area contributed by atoms with Gasteiger partial charge in [-0.15, -0.1) is 6.42 Å². The summed E-state index contributed by atoms with van der Waals surface area (Å²) < 4.78 is 0. The third kappa shape index (κ3) is 3.66. The summed E-state index contributed by atoms with van der Waals surface area (Å²) in [5.41, 5.74) is 1.74. The van der Waals surface area contributed by atoms with E-state index in [2.05, 4.69) is 17.7 Å². The number of aliphatic hydroxyl groups excluding tert-OH is 1. The van der Waals surface area contributed by atoms with Crippen molar-refractivity contribution in [3.05, 3.63) is 28.8 Å². The summed E-state index contributed by atoms with van der Waals surface area (Å²) in [5.74, 6) is 2.63. The molecule has 1 aromatic carbocycles. The lowest BCUT2D eigenvalue weighted by atomic mass is 10.1. The molecule has 92 valence electrons. The highest BCUT2D eigenvalue weighted by Gasteiger charge is 2.10. The Kier molecular flexibility index (Phi) is 5.34. The number of rotatable bonds is 5. The Hall–Kier alpha value is -1.17. The van der Waals surface area contributed by atoms with Crippen molar-refractivity contribution in [1.29, 1.82) is 0 Å². The molecular formula is C14H18ClNO. The van der Waals surface area contributed by atoms with Crippen molar-refractivity contribution in [3.63, 3.8) is 0 Å². The van der Waals surface area contributed by atoms with E-state index in [1.165, 1.54) is 0 Å². The highest BCUT2D eigenvalue weighted by atomic mass is 35.5. The quantitative estimate of drug-likeness (QED) is 0.813. The highest BCUT2D eigenvalue weighted by molar-refractivity contribution is 6.33. The fourth-order valence-electron chi connectivity index (χ4n) is 1.70. The lowest BCUT2D eigenvalue weighted by Gasteiger charge is -2.23. The van der Waals surface area contributed by atoms with Gasteiger partial charge in [0.15, 0.2) is 0 Å². The van der Waals surface area contributed by atoms with Crippen molar-refractivity contribution in [3.8, 4) is 12.3 Å². The Bertz CT molecular complexity index is 409. The zero-order valence-corrected chi connectivity index (χ0v) is 11.0. The summed E-state index contributed by atoms with van der Waals surface area (Å²) in [6.07, 6.45) is 5.85. The van der Waals surface area contributed by atoms with Crippen LogP contribution in [0.15, 0.2) is 18.2 Å². The molecule has 1 rings (SSSR count). The van der Waals surface area contributed by atoms with Crippen molar-refractivity contribution in [1.82, 2.24) is 0 Å². The molecule has 1 atom stereocenters. The molecule has 0 aromatic heterocycles. The van der Waals surface area contributed by atoms with Crippen LogP contribution in [0.5, 0.6) is 0 Å². The molecule has 0 heterocycles. The zero-order valence-electron chi connectivity index (χ0n) is 10.3. The van der Waals surface area contributed by atoms with E-state index in [4.69, 9.17) is 18.0 Å². The monoisotopic (exact) mass is 251 g/mol. The van der Waals surface area contributed by atoms with E-state index in [1.54, 1.807) is 13.0 Å². The molecule has 0 fully saturated rings. The molecular weight excluding hydrogens is 234 g/mol. The summed E-state index contributed by atoms with van der Waals surface area (Å²) >= 11 is 6.22. The molecule has 0 radical (unpaired) electrons. The molecule has 0 spiro atoms. The minimum Gasteiger partial charge on any atom is -0.389 e. The summed E-state index contributed by atoms with van der Waals surface area (Å²) in [7, 11) is 0. The fraction of sp³-hybridized carbons (Fsp3) is 0.429. The summed E-state index contributed by atoms with van der Waals surface area (Å²) in [6.45, 7) is 5.23. The van der Waals surface area contributed by atoms with Gasteiger partial charge in [0.2, 0.25) is 0 Å². The van der Waals surface area contributed by atoms with Crippen LogP contribution in [0.25, 0.3) is 0 Å². The van der Waals surface area contributed by atoms with E-state index in [9.17, 15) is 5.11 Å². The molecule has 1 N–H and O–H groups in total. The van der Waals surface area contributed by atoms with Gasteiger partial charge in [0.25, 0.3) is 0 Å². The maximum atomic E-state index is 9.48. The van der Waals surface area contributed by atoms with Gasteiger partial charge in [0.1, 0.15) is 0 Å². The molecule has 1 aromatic rings. The number of benzene rings is 1. The molecule has 0 unspecified atom stereocenters. The fourth-order valence-corrected chi connectivity index (χ4v) is 2.01. The second kappa shape index (κ2) is 6.54. The maximum absolute atomic E-state index is 9.48. The number of halogens is 1. The Morgan fingerprint density at radius 3 is 2.71 bits per heavy atom. The molecule has 2 nitrogen and oxygen atoms in total. The lowest BCUT2D eigenvalue weighted by molar-refractivity contribution is 0.199. The molecule has 0 saturated carbocycles. The van der Waals surface area contributed by atoms with Crippen LogP contribution in [0.3, 0.4) is 0 Å². The van der Waals surface area contributed by atoms with Gasteiger partial charge in [0, 0.05) is 6.54 Å². The second-order valence-corrected chi connectivity index (χ2v) is 4.42. The van der Waals surface area contributed by atoms with Crippen LogP contribution in [0.4, 0.5) is 5.69 Å². The number of aliphatic hydroxyl groups is 1. The average molecular weight is 252 g/mol. The standard InChI is InChI=1S/C14H18ClNO/c1-4-8-16(9-5-2)14-7-6-12(11(3)17)10-13(14)15/h1,6-7,10-11,17H,5,8-9H2,2-3H3/t11-/m1/s1. The van der Waals surface area contributed by atoms with E-state index >= 15 is 0 Å². The van der Waals surface area contributed by atoms with Crippen molar-refractivity contribution in [2.45, 2.75) is 26.4 Å². The average Bonchev–Trinajstić information content (AvgIpc) is 2.28. The molecule has 3 heteroatoms. The minimum atomic E-state index is -0.506. The van der Waals surface area contributed by atoms with E-state index in [0.29, 0.717) is 11.6 Å². The normalized spacial score (nSPS) is 11.9. The number of hydrogen-bond donors (Lipinski definition) is 1. The first-order valence-corrected chi connectivity index (χ1v) is 6.13. The Morgan fingerprint density at radius 2 is 2.24 bits per heavy atom. The van der Waals surface area contributed by atoms with Crippen molar-refractivity contribution in [2.75, 3.05) is 18.0 Å². The van der Waals surface area contributed by atoms with Crippen LogP contribution >= 0.6 is 11.6 Å². The Morgan fingerprint density at radius 1 is 1.53 bits per heavy atom. The molecule has 0 aliphatic heterocycles. The second-order valence-electron chi connectivity index (χ2n) is 4.01. The van der Waals surface area contributed by atoms with Crippen LogP contribution in [-0.4, -0.2) is 18.2 Å². The predicted octanol–water partition coefficient (Wildman–Crippen LogP) is 3.24. The number of nitrogens with zero attached hydrogens (tertiary/aromatic N) is 1. The SMILES string of the molecule is C#CCN(CCC)c1ccc([C@@H](C)O)cc1Cl. The first-order valence-electron chi connectivity index (χ1n) is 5.76. The van der Waals surface area contributed by atoms with Gasteiger partial charge in [-0.2, -0.15) is 0 Å². The molecule has 0 bridgehead atoms. The van der Waals surface area contributed by atoms with Gasteiger partial charge < -0.3 is 10.0 Å². The van der Waals surface area contributed by atoms with Crippen LogP contribution in [0, 0.1) is 12.3 Å². The van der Waals surface area contributed by atoms with Crippen molar-refractivity contribution in [2.24, 2.45) is 0 Å². The third-order valence-corrected chi connectivity index (χ3v) is 2.87. The largest absolute Gasteiger partial charge is 0.389 e. The number of anilines is 1. The van der Waals surface area contributed by atoms with E-state index in [-0.39, 0.29) is 0 Å². The summed E-state index contributed by atoms with van der Waals surface area (Å²) in [5, 5.41) is 10.1. The van der Waals surface area contributed by atoms with Crippen LogP contribution in [-0.2, 0) is 0 Å². The molecule has 0 aliphatic carbocycles.